The Labute approximate surface area is 104 Å². The van der Waals surface area contributed by atoms with Gasteiger partial charge in [0.25, 0.3) is 0 Å². The summed E-state index contributed by atoms with van der Waals surface area (Å²) in [4.78, 5) is 4.40. The van der Waals surface area contributed by atoms with Crippen molar-refractivity contribution < 1.29 is 4.74 Å². The third kappa shape index (κ3) is 3.27. The van der Waals surface area contributed by atoms with Crippen LogP contribution >= 0.6 is 0 Å². The zero-order valence-electron chi connectivity index (χ0n) is 10.8. The standard InChI is InChI=1S/C14H22N2O/c1-3-15-14(13-5-4-8-17-10-13)12-7-6-11(2)16-9-12/h6-7,9,13-15H,3-5,8,10H2,1-2H3. The summed E-state index contributed by atoms with van der Waals surface area (Å²) in [5.41, 5.74) is 2.36. The second-order valence-corrected chi connectivity index (χ2v) is 4.75. The molecule has 1 aliphatic rings. The lowest BCUT2D eigenvalue weighted by Crippen LogP contribution is -2.33. The Morgan fingerprint density at radius 3 is 3.00 bits per heavy atom. The molecule has 1 N–H and O–H groups in total. The zero-order chi connectivity index (χ0) is 12.1. The number of nitrogens with one attached hydrogen (secondary N) is 1. The molecule has 2 unspecified atom stereocenters. The van der Waals surface area contributed by atoms with Crippen LogP contribution in [-0.4, -0.2) is 24.7 Å². The first kappa shape index (κ1) is 12.5. The van der Waals surface area contributed by atoms with Gasteiger partial charge in [-0.1, -0.05) is 13.0 Å². The van der Waals surface area contributed by atoms with E-state index in [1.807, 2.05) is 13.1 Å². The molecule has 1 aromatic heterocycles. The summed E-state index contributed by atoms with van der Waals surface area (Å²) < 4.78 is 5.59. The predicted molar refractivity (Wildman–Crippen MR) is 68.9 cm³/mol. The average Bonchev–Trinajstić information content (AvgIpc) is 2.38. The molecule has 1 aromatic rings. The van der Waals surface area contributed by atoms with E-state index in [4.69, 9.17) is 4.74 Å². The topological polar surface area (TPSA) is 34.2 Å². The molecule has 3 nitrogen and oxygen atoms in total. The minimum absolute atomic E-state index is 0.383. The lowest BCUT2D eigenvalue weighted by molar-refractivity contribution is 0.0392. The molecule has 94 valence electrons. The van der Waals surface area contributed by atoms with Crippen molar-refractivity contribution in [2.24, 2.45) is 5.92 Å². The Balaban J connectivity index is 2.12. The highest BCUT2D eigenvalue weighted by atomic mass is 16.5. The van der Waals surface area contributed by atoms with Gasteiger partial charge in [-0.25, -0.2) is 0 Å². The summed E-state index contributed by atoms with van der Waals surface area (Å²) in [5, 5.41) is 3.57. The quantitative estimate of drug-likeness (QED) is 0.869. The van der Waals surface area contributed by atoms with E-state index >= 15 is 0 Å². The molecule has 1 aliphatic heterocycles. The van der Waals surface area contributed by atoms with Crippen molar-refractivity contribution in [2.75, 3.05) is 19.8 Å². The Kier molecular flexibility index (Phi) is 4.51. The van der Waals surface area contributed by atoms with Gasteiger partial charge < -0.3 is 10.1 Å². The zero-order valence-corrected chi connectivity index (χ0v) is 10.8. The molecule has 0 spiro atoms. The molecule has 3 heteroatoms. The average molecular weight is 234 g/mol. The maximum absolute atomic E-state index is 5.59. The molecule has 1 fully saturated rings. The summed E-state index contributed by atoms with van der Waals surface area (Å²) in [5.74, 6) is 0.577. The highest BCUT2D eigenvalue weighted by Crippen LogP contribution is 2.28. The molecular weight excluding hydrogens is 212 g/mol. The Morgan fingerprint density at radius 2 is 2.41 bits per heavy atom. The van der Waals surface area contributed by atoms with Crippen LogP contribution in [0.25, 0.3) is 0 Å². The van der Waals surface area contributed by atoms with Crippen molar-refractivity contribution in [2.45, 2.75) is 32.7 Å². The molecular formula is C14H22N2O. The minimum atomic E-state index is 0.383. The van der Waals surface area contributed by atoms with E-state index in [1.54, 1.807) is 0 Å². The number of aromatic nitrogens is 1. The van der Waals surface area contributed by atoms with Crippen LogP contribution in [0.4, 0.5) is 0 Å². The van der Waals surface area contributed by atoms with Crippen molar-refractivity contribution in [1.82, 2.24) is 10.3 Å². The molecule has 0 aliphatic carbocycles. The van der Waals surface area contributed by atoms with Crippen LogP contribution in [0.3, 0.4) is 0 Å². The van der Waals surface area contributed by atoms with E-state index in [-0.39, 0.29) is 0 Å². The third-order valence-electron chi connectivity index (χ3n) is 3.38. The van der Waals surface area contributed by atoms with Gasteiger partial charge in [0.2, 0.25) is 0 Å². The van der Waals surface area contributed by atoms with E-state index in [1.165, 1.54) is 18.4 Å². The van der Waals surface area contributed by atoms with Gasteiger partial charge in [-0.2, -0.15) is 0 Å². The number of nitrogens with zero attached hydrogens (tertiary/aromatic N) is 1. The molecule has 2 atom stereocenters. The van der Waals surface area contributed by atoms with Gasteiger partial charge in [0.15, 0.2) is 0 Å². The van der Waals surface area contributed by atoms with Gasteiger partial charge in [-0.3, -0.25) is 4.98 Å². The van der Waals surface area contributed by atoms with Crippen molar-refractivity contribution in [3.63, 3.8) is 0 Å². The monoisotopic (exact) mass is 234 g/mol. The highest BCUT2D eigenvalue weighted by molar-refractivity contribution is 5.18. The van der Waals surface area contributed by atoms with Gasteiger partial charge in [-0.05, 0) is 37.9 Å². The van der Waals surface area contributed by atoms with Crippen molar-refractivity contribution in [1.29, 1.82) is 0 Å². The third-order valence-corrected chi connectivity index (χ3v) is 3.38. The number of hydrogen-bond acceptors (Lipinski definition) is 3. The van der Waals surface area contributed by atoms with E-state index in [9.17, 15) is 0 Å². The van der Waals surface area contributed by atoms with Crippen LogP contribution in [0.15, 0.2) is 18.3 Å². The fraction of sp³-hybridized carbons (Fsp3) is 0.643. The van der Waals surface area contributed by atoms with Crippen LogP contribution in [0.1, 0.15) is 37.1 Å². The van der Waals surface area contributed by atoms with Gasteiger partial charge in [0.05, 0.1) is 6.61 Å². The largest absolute Gasteiger partial charge is 0.381 e. The number of hydrogen-bond donors (Lipinski definition) is 1. The molecule has 2 heterocycles. The van der Waals surface area contributed by atoms with Gasteiger partial charge in [0.1, 0.15) is 0 Å². The maximum atomic E-state index is 5.59. The predicted octanol–water partition coefficient (Wildman–Crippen LogP) is 2.47. The summed E-state index contributed by atoms with van der Waals surface area (Å²) in [6, 6.07) is 4.65. The summed E-state index contributed by atoms with van der Waals surface area (Å²) in [7, 11) is 0. The van der Waals surface area contributed by atoms with E-state index < -0.39 is 0 Å². The number of rotatable bonds is 4. The van der Waals surface area contributed by atoms with E-state index in [2.05, 4.69) is 29.4 Å². The number of ether oxygens (including phenoxy) is 1. The van der Waals surface area contributed by atoms with Gasteiger partial charge in [0, 0.05) is 30.5 Å². The minimum Gasteiger partial charge on any atom is -0.381 e. The number of aryl methyl sites for hydroxylation is 1. The first-order valence-corrected chi connectivity index (χ1v) is 6.55. The first-order valence-electron chi connectivity index (χ1n) is 6.55. The lowest BCUT2D eigenvalue weighted by Gasteiger charge is -2.31. The normalized spacial score (nSPS) is 22.4. The van der Waals surface area contributed by atoms with Crippen LogP contribution in [0.5, 0.6) is 0 Å². The van der Waals surface area contributed by atoms with Gasteiger partial charge >= 0.3 is 0 Å². The Morgan fingerprint density at radius 1 is 1.53 bits per heavy atom. The van der Waals surface area contributed by atoms with Gasteiger partial charge in [-0.15, -0.1) is 0 Å². The van der Waals surface area contributed by atoms with Crippen LogP contribution in [0.2, 0.25) is 0 Å². The molecule has 0 aromatic carbocycles. The fourth-order valence-corrected chi connectivity index (χ4v) is 2.47. The van der Waals surface area contributed by atoms with E-state index in [0.717, 1.165) is 25.5 Å². The van der Waals surface area contributed by atoms with Crippen molar-refractivity contribution in [3.05, 3.63) is 29.6 Å². The first-order chi connectivity index (χ1) is 8.31. The van der Waals surface area contributed by atoms with E-state index in [0.29, 0.717) is 12.0 Å². The fourth-order valence-electron chi connectivity index (χ4n) is 2.47. The SMILES string of the molecule is CCNC(c1ccc(C)nc1)C1CCCOC1. The lowest BCUT2D eigenvalue weighted by atomic mass is 9.89. The smallest absolute Gasteiger partial charge is 0.0512 e. The van der Waals surface area contributed by atoms with Crippen molar-refractivity contribution in [3.8, 4) is 0 Å². The molecule has 0 bridgehead atoms. The van der Waals surface area contributed by atoms with Crippen LogP contribution in [-0.2, 0) is 4.74 Å². The molecule has 0 saturated carbocycles. The summed E-state index contributed by atoms with van der Waals surface area (Å²) in [6.45, 7) is 6.94. The molecule has 17 heavy (non-hydrogen) atoms. The molecule has 2 rings (SSSR count). The molecule has 1 saturated heterocycles. The molecule has 0 radical (unpaired) electrons. The maximum Gasteiger partial charge on any atom is 0.0512 e. The summed E-state index contributed by atoms with van der Waals surface area (Å²) >= 11 is 0. The van der Waals surface area contributed by atoms with Crippen LogP contribution in [0, 0.1) is 12.8 Å². The van der Waals surface area contributed by atoms with Crippen LogP contribution < -0.4 is 5.32 Å². The van der Waals surface area contributed by atoms with Crippen molar-refractivity contribution >= 4 is 0 Å². The Hall–Kier alpha value is -0.930. The highest BCUT2D eigenvalue weighted by Gasteiger charge is 2.24. The second kappa shape index (κ2) is 6.12. The summed E-state index contributed by atoms with van der Waals surface area (Å²) in [6.07, 6.45) is 4.41. The Bertz CT molecular complexity index is 331. The molecule has 0 amide bonds. The second-order valence-electron chi connectivity index (χ2n) is 4.75. The number of pyridine rings is 1.